The summed E-state index contributed by atoms with van der Waals surface area (Å²) in [4.78, 5) is 0. The number of rotatable bonds is 2. The number of hydrogen-bond acceptors (Lipinski definition) is 3. The zero-order chi connectivity index (χ0) is 12.1. The highest BCUT2D eigenvalue weighted by Crippen LogP contribution is 2.23. The van der Waals surface area contributed by atoms with Gasteiger partial charge in [-0.3, -0.25) is 0 Å². The molecule has 0 aromatic heterocycles. The van der Waals surface area contributed by atoms with Crippen LogP contribution >= 0.6 is 11.6 Å². The maximum atomic E-state index is 13.1. The molecule has 0 saturated carbocycles. The van der Waals surface area contributed by atoms with Crippen molar-refractivity contribution in [2.75, 3.05) is 5.32 Å². The van der Waals surface area contributed by atoms with Crippen LogP contribution in [0.2, 0.25) is 5.02 Å². The largest absolute Gasteiger partial charge is 0.357 e. The lowest BCUT2D eigenvalue weighted by Gasteiger charge is -2.03. The molecule has 0 amide bonds. The number of nitrogens with one attached hydrogen (secondary N) is 1. The van der Waals surface area contributed by atoms with Crippen LogP contribution in [0.15, 0.2) is 23.9 Å². The Morgan fingerprint density at radius 3 is 2.44 bits per heavy atom. The molecule has 0 atom stereocenters. The van der Waals surface area contributed by atoms with E-state index in [-0.39, 0.29) is 16.3 Å². The molecule has 0 aliphatic carbocycles. The quantitative estimate of drug-likeness (QED) is 0.638. The fourth-order valence-corrected chi connectivity index (χ4v) is 1.04. The van der Waals surface area contributed by atoms with Gasteiger partial charge in [0.15, 0.2) is 0 Å². The van der Waals surface area contributed by atoms with Crippen molar-refractivity contribution in [3.63, 3.8) is 0 Å². The molecule has 0 saturated heterocycles. The van der Waals surface area contributed by atoms with Crippen LogP contribution in [0.1, 0.15) is 0 Å². The third-order valence-electron chi connectivity index (χ3n) is 1.62. The van der Waals surface area contributed by atoms with E-state index in [0.717, 1.165) is 12.3 Å². The van der Waals surface area contributed by atoms with Gasteiger partial charge in [0.25, 0.3) is 0 Å². The smallest absolute Gasteiger partial charge is 0.149 e. The van der Waals surface area contributed by atoms with Gasteiger partial charge in [-0.1, -0.05) is 11.6 Å². The Kier molecular flexibility index (Phi) is 3.82. The van der Waals surface area contributed by atoms with E-state index < -0.39 is 11.6 Å². The van der Waals surface area contributed by atoms with Crippen LogP contribution in [0, 0.1) is 34.3 Å². The van der Waals surface area contributed by atoms with Crippen LogP contribution in [0.3, 0.4) is 0 Å². The van der Waals surface area contributed by atoms with Gasteiger partial charge in [0.1, 0.15) is 29.3 Å². The van der Waals surface area contributed by atoms with Crippen LogP contribution < -0.4 is 5.32 Å². The van der Waals surface area contributed by atoms with E-state index in [1.54, 1.807) is 12.1 Å². The van der Waals surface area contributed by atoms with E-state index in [4.69, 9.17) is 22.1 Å². The average Bonchev–Trinajstić information content (AvgIpc) is 2.26. The Morgan fingerprint density at radius 2 is 1.88 bits per heavy atom. The Balaban J connectivity index is 3.01. The monoisotopic (exact) mass is 239 g/mol. The number of halogens is 3. The standard InChI is InChI=1S/C10H4ClF2N3/c11-7-1-10(9(13)2-8(7)12)16-5-6(3-14)4-15/h1-2,5,16H. The number of benzene rings is 1. The number of nitriles is 2. The summed E-state index contributed by atoms with van der Waals surface area (Å²) in [6.45, 7) is 0. The van der Waals surface area contributed by atoms with E-state index in [9.17, 15) is 8.78 Å². The maximum absolute atomic E-state index is 13.1. The van der Waals surface area contributed by atoms with Crippen LogP contribution in [0.25, 0.3) is 0 Å². The molecule has 0 unspecified atom stereocenters. The van der Waals surface area contributed by atoms with E-state index in [1.165, 1.54) is 0 Å². The minimum atomic E-state index is -0.880. The molecule has 16 heavy (non-hydrogen) atoms. The van der Waals surface area contributed by atoms with Crippen LogP contribution in [-0.2, 0) is 0 Å². The minimum absolute atomic E-state index is 0.116. The third-order valence-corrected chi connectivity index (χ3v) is 1.91. The highest BCUT2D eigenvalue weighted by molar-refractivity contribution is 6.31. The highest BCUT2D eigenvalue weighted by atomic mass is 35.5. The van der Waals surface area contributed by atoms with Gasteiger partial charge in [-0.2, -0.15) is 10.5 Å². The molecule has 0 radical (unpaired) electrons. The SMILES string of the molecule is N#CC(C#N)=CNc1cc(Cl)c(F)cc1F. The van der Waals surface area contributed by atoms with Gasteiger partial charge < -0.3 is 5.32 Å². The van der Waals surface area contributed by atoms with E-state index in [0.29, 0.717) is 6.07 Å². The average molecular weight is 240 g/mol. The number of anilines is 1. The summed E-state index contributed by atoms with van der Waals surface area (Å²) in [7, 11) is 0. The first-order valence-corrected chi connectivity index (χ1v) is 4.37. The van der Waals surface area contributed by atoms with Crippen LogP contribution in [0.5, 0.6) is 0 Å². The second-order valence-electron chi connectivity index (χ2n) is 2.67. The molecule has 0 fully saturated rings. The summed E-state index contributed by atoms with van der Waals surface area (Å²) in [5.74, 6) is -1.75. The first kappa shape index (κ1) is 12.0. The van der Waals surface area contributed by atoms with Gasteiger partial charge in [-0.25, -0.2) is 8.78 Å². The van der Waals surface area contributed by atoms with Gasteiger partial charge in [-0.05, 0) is 6.07 Å². The molecule has 1 N–H and O–H groups in total. The van der Waals surface area contributed by atoms with Crippen LogP contribution in [-0.4, -0.2) is 0 Å². The van der Waals surface area contributed by atoms with E-state index >= 15 is 0 Å². The molecule has 1 aromatic carbocycles. The van der Waals surface area contributed by atoms with Crippen molar-refractivity contribution in [1.82, 2.24) is 0 Å². The maximum Gasteiger partial charge on any atom is 0.149 e. The second-order valence-corrected chi connectivity index (χ2v) is 3.08. The lowest BCUT2D eigenvalue weighted by Crippen LogP contribution is -1.95. The van der Waals surface area contributed by atoms with E-state index in [1.807, 2.05) is 0 Å². The lowest BCUT2D eigenvalue weighted by atomic mass is 10.3. The Bertz CT molecular complexity index is 510. The zero-order valence-electron chi connectivity index (χ0n) is 7.76. The first-order valence-electron chi connectivity index (χ1n) is 4.00. The van der Waals surface area contributed by atoms with Crippen molar-refractivity contribution in [3.8, 4) is 12.1 Å². The molecule has 1 aromatic rings. The fraction of sp³-hybridized carbons (Fsp3) is 0. The Hall–Kier alpha value is -2.11. The minimum Gasteiger partial charge on any atom is -0.357 e. The van der Waals surface area contributed by atoms with Gasteiger partial charge in [-0.15, -0.1) is 0 Å². The molecule has 80 valence electrons. The number of nitrogens with zero attached hydrogens (tertiary/aromatic N) is 2. The molecule has 0 aliphatic rings. The normalized spacial score (nSPS) is 8.81. The van der Waals surface area contributed by atoms with Gasteiger partial charge in [0.2, 0.25) is 0 Å². The second kappa shape index (κ2) is 5.11. The zero-order valence-corrected chi connectivity index (χ0v) is 8.52. The molecule has 0 bridgehead atoms. The van der Waals surface area contributed by atoms with Crippen molar-refractivity contribution in [2.45, 2.75) is 0 Å². The summed E-state index contributed by atoms with van der Waals surface area (Å²) in [6, 6.07) is 4.78. The van der Waals surface area contributed by atoms with E-state index in [2.05, 4.69) is 5.32 Å². The highest BCUT2D eigenvalue weighted by Gasteiger charge is 2.07. The predicted molar refractivity (Wildman–Crippen MR) is 54.3 cm³/mol. The fourth-order valence-electron chi connectivity index (χ4n) is 0.873. The molecule has 0 heterocycles. The molecule has 1 rings (SSSR count). The number of hydrogen-bond donors (Lipinski definition) is 1. The van der Waals surface area contributed by atoms with Crippen LogP contribution in [0.4, 0.5) is 14.5 Å². The number of allylic oxidation sites excluding steroid dienone is 1. The summed E-state index contributed by atoms with van der Waals surface area (Å²) >= 11 is 5.44. The molecule has 3 nitrogen and oxygen atoms in total. The lowest BCUT2D eigenvalue weighted by molar-refractivity contribution is 0.586. The van der Waals surface area contributed by atoms with Gasteiger partial charge >= 0.3 is 0 Å². The first-order chi connectivity index (χ1) is 7.58. The van der Waals surface area contributed by atoms with Crippen molar-refractivity contribution in [1.29, 1.82) is 10.5 Å². The van der Waals surface area contributed by atoms with Crippen molar-refractivity contribution >= 4 is 17.3 Å². The third kappa shape index (κ3) is 2.69. The summed E-state index contributed by atoms with van der Waals surface area (Å²) in [6.07, 6.45) is 1.01. The van der Waals surface area contributed by atoms with Crippen molar-refractivity contribution in [2.24, 2.45) is 0 Å². The molecule has 6 heteroatoms. The van der Waals surface area contributed by atoms with Crippen molar-refractivity contribution in [3.05, 3.63) is 40.6 Å². The summed E-state index contributed by atoms with van der Waals surface area (Å²) < 4.78 is 25.9. The molecule has 0 aliphatic heterocycles. The van der Waals surface area contributed by atoms with Gasteiger partial charge in [0, 0.05) is 12.3 Å². The molecule has 0 spiro atoms. The Morgan fingerprint density at radius 1 is 1.25 bits per heavy atom. The summed E-state index contributed by atoms with van der Waals surface area (Å²) in [5, 5.41) is 18.9. The molecular weight excluding hydrogens is 236 g/mol. The summed E-state index contributed by atoms with van der Waals surface area (Å²) in [5.41, 5.74) is -0.353. The predicted octanol–water partition coefficient (Wildman–Crippen LogP) is 2.96. The Labute approximate surface area is 95.2 Å². The molecular formula is C10H4ClF2N3. The topological polar surface area (TPSA) is 59.6 Å². The van der Waals surface area contributed by atoms with Crippen molar-refractivity contribution < 1.29 is 8.78 Å². The van der Waals surface area contributed by atoms with Gasteiger partial charge in [0.05, 0.1) is 10.7 Å².